The fourth-order valence-corrected chi connectivity index (χ4v) is 3.66. The number of phenolic OH excluding ortho intramolecular Hbond substituents is 1. The number of phenols is 1. The van der Waals surface area contributed by atoms with Gasteiger partial charge in [-0.1, -0.05) is 23.7 Å². The van der Waals surface area contributed by atoms with Gasteiger partial charge >= 0.3 is 5.69 Å². The van der Waals surface area contributed by atoms with Gasteiger partial charge in [-0.05, 0) is 42.0 Å². The lowest BCUT2D eigenvalue weighted by Crippen LogP contribution is -2.14. The van der Waals surface area contributed by atoms with Crippen LogP contribution >= 0.6 is 11.6 Å². The summed E-state index contributed by atoms with van der Waals surface area (Å²) in [4.78, 5) is 19.6. The number of rotatable bonds is 6. The number of nitrogens with one attached hydrogen (secondary N) is 1. The van der Waals surface area contributed by atoms with E-state index >= 15 is 0 Å². The maximum Gasteiger partial charge on any atom is 0.311 e. The number of aromatic nitrogens is 2. The Kier molecular flexibility index (Phi) is 5.55. The van der Waals surface area contributed by atoms with Gasteiger partial charge in [-0.15, -0.1) is 0 Å². The van der Waals surface area contributed by atoms with Crippen LogP contribution in [0, 0.1) is 10.1 Å². The highest BCUT2D eigenvalue weighted by molar-refractivity contribution is 6.35. The van der Waals surface area contributed by atoms with E-state index in [4.69, 9.17) is 16.3 Å². The summed E-state index contributed by atoms with van der Waals surface area (Å²) in [6.45, 7) is 0. The lowest BCUT2D eigenvalue weighted by atomic mass is 9.95. The Morgan fingerprint density at radius 2 is 1.94 bits per heavy atom. The molecular formula is C22H17ClN4O4. The average Bonchev–Trinajstić information content (AvgIpc) is 2.80. The number of nitro groups is 1. The summed E-state index contributed by atoms with van der Waals surface area (Å²) in [5.41, 5.74) is 1.05. The van der Waals surface area contributed by atoms with Crippen molar-refractivity contribution in [1.29, 1.82) is 0 Å². The number of anilines is 1. The number of halogens is 1. The number of hydrogen-bond donors (Lipinski definition) is 2. The van der Waals surface area contributed by atoms with E-state index in [0.717, 1.165) is 0 Å². The molecule has 0 amide bonds. The second-order valence-corrected chi connectivity index (χ2v) is 7.08. The highest BCUT2D eigenvalue weighted by Crippen LogP contribution is 2.41. The van der Waals surface area contributed by atoms with Crippen LogP contribution in [0.25, 0.3) is 10.9 Å². The minimum absolute atomic E-state index is 0.0769. The summed E-state index contributed by atoms with van der Waals surface area (Å²) >= 11 is 6.48. The average molecular weight is 437 g/mol. The van der Waals surface area contributed by atoms with Crippen molar-refractivity contribution in [3.8, 4) is 11.5 Å². The molecule has 2 aromatic carbocycles. The zero-order valence-corrected chi connectivity index (χ0v) is 17.1. The van der Waals surface area contributed by atoms with E-state index in [-0.39, 0.29) is 17.2 Å². The smallest absolute Gasteiger partial charge is 0.311 e. The summed E-state index contributed by atoms with van der Waals surface area (Å²) in [7, 11) is 1.37. The molecular weight excluding hydrogens is 420 g/mol. The third-order valence-electron chi connectivity index (χ3n) is 4.85. The van der Waals surface area contributed by atoms with Crippen LogP contribution in [-0.2, 0) is 0 Å². The number of nitro benzene ring substituents is 1. The van der Waals surface area contributed by atoms with Gasteiger partial charge in [0.1, 0.15) is 17.1 Å². The Labute approximate surface area is 182 Å². The van der Waals surface area contributed by atoms with Gasteiger partial charge in [0, 0.05) is 29.4 Å². The van der Waals surface area contributed by atoms with E-state index in [1.54, 1.807) is 54.9 Å². The first-order valence-electron chi connectivity index (χ1n) is 9.25. The Bertz CT molecular complexity index is 1270. The summed E-state index contributed by atoms with van der Waals surface area (Å²) in [6, 6.07) is 14.3. The minimum Gasteiger partial charge on any atom is -0.505 e. The van der Waals surface area contributed by atoms with Crippen molar-refractivity contribution < 1.29 is 14.8 Å². The molecule has 2 N–H and O–H groups in total. The molecule has 0 aliphatic heterocycles. The van der Waals surface area contributed by atoms with Crippen molar-refractivity contribution in [2.45, 2.75) is 6.04 Å². The summed E-state index contributed by atoms with van der Waals surface area (Å²) in [6.07, 6.45) is 3.17. The van der Waals surface area contributed by atoms with Crippen LogP contribution in [-0.4, -0.2) is 27.1 Å². The van der Waals surface area contributed by atoms with Crippen LogP contribution in [0.3, 0.4) is 0 Å². The summed E-state index contributed by atoms with van der Waals surface area (Å²) < 4.78 is 5.11. The standard InChI is InChI=1S/C22H17ClN4O4/c1-31-18-8-7-13(11-17(18)27(29)30)20(26-19-6-2-3-9-24-19)15-12-16(23)14-5-4-10-25-21(14)22(15)28/h2-12,20,28H,1H3,(H,24,26)/t20-/m0/s1. The molecule has 0 radical (unpaired) electrons. The molecule has 0 saturated heterocycles. The molecule has 0 fully saturated rings. The van der Waals surface area contributed by atoms with Crippen molar-refractivity contribution in [2.75, 3.05) is 12.4 Å². The number of aromatic hydroxyl groups is 1. The van der Waals surface area contributed by atoms with Gasteiger partial charge in [0.15, 0.2) is 5.75 Å². The van der Waals surface area contributed by atoms with E-state index in [9.17, 15) is 15.2 Å². The van der Waals surface area contributed by atoms with E-state index in [1.807, 2.05) is 0 Å². The number of methoxy groups -OCH3 is 1. The number of nitrogens with zero attached hydrogens (tertiary/aromatic N) is 3. The second kappa shape index (κ2) is 8.45. The Morgan fingerprint density at radius 1 is 1.13 bits per heavy atom. The zero-order chi connectivity index (χ0) is 22.0. The topological polar surface area (TPSA) is 110 Å². The first-order chi connectivity index (χ1) is 15.0. The molecule has 4 aromatic rings. The largest absolute Gasteiger partial charge is 0.505 e. The van der Waals surface area contributed by atoms with Gasteiger partial charge in [0.2, 0.25) is 0 Å². The van der Waals surface area contributed by atoms with E-state index in [0.29, 0.717) is 32.9 Å². The number of fused-ring (bicyclic) bond motifs is 1. The normalized spacial score (nSPS) is 11.8. The number of benzene rings is 2. The van der Waals surface area contributed by atoms with Crippen molar-refractivity contribution in [3.05, 3.63) is 93.3 Å². The van der Waals surface area contributed by atoms with Gasteiger partial charge in [0.25, 0.3) is 0 Å². The molecule has 156 valence electrons. The minimum atomic E-state index is -0.705. The van der Waals surface area contributed by atoms with Gasteiger partial charge in [-0.2, -0.15) is 0 Å². The first-order valence-corrected chi connectivity index (χ1v) is 9.63. The predicted octanol–water partition coefficient (Wildman–Crippen LogP) is 5.11. The third-order valence-corrected chi connectivity index (χ3v) is 5.16. The van der Waals surface area contributed by atoms with Crippen molar-refractivity contribution in [1.82, 2.24) is 9.97 Å². The lowest BCUT2D eigenvalue weighted by molar-refractivity contribution is -0.385. The van der Waals surface area contributed by atoms with Crippen LogP contribution in [0.1, 0.15) is 17.2 Å². The maximum absolute atomic E-state index is 11.6. The van der Waals surface area contributed by atoms with E-state index in [1.165, 1.54) is 19.2 Å². The van der Waals surface area contributed by atoms with Crippen molar-refractivity contribution in [2.24, 2.45) is 0 Å². The van der Waals surface area contributed by atoms with Gasteiger partial charge < -0.3 is 15.2 Å². The van der Waals surface area contributed by atoms with Crippen LogP contribution in [0.4, 0.5) is 11.5 Å². The molecule has 4 rings (SSSR count). The van der Waals surface area contributed by atoms with Gasteiger partial charge in [0.05, 0.1) is 23.1 Å². The van der Waals surface area contributed by atoms with Crippen LogP contribution in [0.2, 0.25) is 5.02 Å². The molecule has 8 nitrogen and oxygen atoms in total. The second-order valence-electron chi connectivity index (χ2n) is 6.68. The number of ether oxygens (including phenoxy) is 1. The molecule has 1 atom stereocenters. The summed E-state index contributed by atoms with van der Waals surface area (Å²) in [5.74, 6) is 0.572. The summed E-state index contributed by atoms with van der Waals surface area (Å²) in [5, 5.41) is 26.8. The Morgan fingerprint density at radius 3 is 2.65 bits per heavy atom. The molecule has 0 spiro atoms. The molecule has 0 unspecified atom stereocenters. The number of pyridine rings is 2. The first kappa shape index (κ1) is 20.4. The fraction of sp³-hybridized carbons (Fsp3) is 0.0909. The molecule has 31 heavy (non-hydrogen) atoms. The molecule has 2 aromatic heterocycles. The van der Waals surface area contributed by atoms with E-state index in [2.05, 4.69) is 15.3 Å². The molecule has 0 aliphatic carbocycles. The highest BCUT2D eigenvalue weighted by atomic mass is 35.5. The van der Waals surface area contributed by atoms with E-state index < -0.39 is 11.0 Å². The highest BCUT2D eigenvalue weighted by Gasteiger charge is 2.25. The van der Waals surface area contributed by atoms with Gasteiger partial charge in [-0.25, -0.2) is 4.98 Å². The van der Waals surface area contributed by atoms with Crippen LogP contribution in [0.15, 0.2) is 67.0 Å². The zero-order valence-electron chi connectivity index (χ0n) is 16.3. The molecule has 9 heteroatoms. The third kappa shape index (κ3) is 3.93. The van der Waals surface area contributed by atoms with Crippen molar-refractivity contribution in [3.63, 3.8) is 0 Å². The predicted molar refractivity (Wildman–Crippen MR) is 118 cm³/mol. The van der Waals surface area contributed by atoms with Crippen LogP contribution < -0.4 is 10.1 Å². The van der Waals surface area contributed by atoms with Crippen molar-refractivity contribution >= 4 is 34.0 Å². The molecule has 0 aliphatic rings. The molecule has 2 heterocycles. The maximum atomic E-state index is 11.6. The van der Waals surface area contributed by atoms with Gasteiger partial charge in [-0.3, -0.25) is 15.1 Å². The quantitative estimate of drug-likeness (QED) is 0.319. The Balaban J connectivity index is 1.93. The fourth-order valence-electron chi connectivity index (χ4n) is 3.39. The molecule has 0 bridgehead atoms. The molecule has 0 saturated carbocycles. The lowest BCUT2D eigenvalue weighted by Gasteiger charge is -2.22. The number of hydrogen-bond acceptors (Lipinski definition) is 7. The van der Waals surface area contributed by atoms with Crippen LogP contribution in [0.5, 0.6) is 11.5 Å². The Hall–Kier alpha value is -3.91. The SMILES string of the molecule is COc1ccc([C@H](Nc2ccccn2)c2cc(Cl)c3cccnc3c2O)cc1[N+](=O)[O-]. The monoisotopic (exact) mass is 436 g/mol.